The maximum atomic E-state index is 12.8. The van der Waals surface area contributed by atoms with Gasteiger partial charge in [-0.15, -0.1) is 0 Å². The van der Waals surface area contributed by atoms with E-state index in [4.69, 9.17) is 5.73 Å². The molecule has 0 saturated heterocycles. The molecule has 5 nitrogen and oxygen atoms in total. The predicted octanol–water partition coefficient (Wildman–Crippen LogP) is 2.21. The molecule has 0 saturated carbocycles. The number of halogens is 1. The summed E-state index contributed by atoms with van der Waals surface area (Å²) in [6.45, 7) is 1.74. The standard InChI is InChI=1S/C17H18FN3O2/c1-11-8-14(20-17(23)10-19)6-7-15(11)21-16(22)9-12-2-4-13(18)5-3-12/h2-8H,9-10,19H2,1H3,(H,20,23)(H,21,22). The second kappa shape index (κ2) is 7.51. The van der Waals surface area contributed by atoms with E-state index >= 15 is 0 Å². The highest BCUT2D eigenvalue weighted by atomic mass is 19.1. The van der Waals surface area contributed by atoms with Gasteiger partial charge in [-0.3, -0.25) is 9.59 Å². The molecule has 0 bridgehead atoms. The number of benzene rings is 2. The molecule has 2 amide bonds. The molecule has 2 aromatic carbocycles. The number of amides is 2. The number of nitrogens with one attached hydrogen (secondary N) is 2. The summed E-state index contributed by atoms with van der Waals surface area (Å²) in [6, 6.07) is 10.9. The van der Waals surface area contributed by atoms with Crippen LogP contribution >= 0.6 is 0 Å². The second-order valence-electron chi connectivity index (χ2n) is 5.13. The number of rotatable bonds is 5. The lowest BCUT2D eigenvalue weighted by Gasteiger charge is -2.11. The molecule has 6 heteroatoms. The largest absolute Gasteiger partial charge is 0.326 e. The van der Waals surface area contributed by atoms with Crippen molar-refractivity contribution in [3.05, 3.63) is 59.4 Å². The minimum atomic E-state index is -0.333. The fourth-order valence-electron chi connectivity index (χ4n) is 2.08. The van der Waals surface area contributed by atoms with Crippen LogP contribution in [0.1, 0.15) is 11.1 Å². The average molecular weight is 315 g/mol. The minimum Gasteiger partial charge on any atom is -0.326 e. The number of hydrogen-bond donors (Lipinski definition) is 3. The Bertz CT molecular complexity index is 714. The summed E-state index contributed by atoms with van der Waals surface area (Å²) >= 11 is 0. The molecule has 0 aliphatic heterocycles. The highest BCUT2D eigenvalue weighted by Crippen LogP contribution is 2.20. The minimum absolute atomic E-state index is 0.0881. The Morgan fingerprint density at radius 1 is 1.04 bits per heavy atom. The van der Waals surface area contributed by atoms with Crippen LogP contribution in [0.25, 0.3) is 0 Å². The topological polar surface area (TPSA) is 84.2 Å². The summed E-state index contributed by atoms with van der Waals surface area (Å²) in [5, 5.41) is 5.44. The first-order valence-corrected chi connectivity index (χ1v) is 7.13. The normalized spacial score (nSPS) is 10.2. The van der Waals surface area contributed by atoms with Crippen molar-refractivity contribution >= 4 is 23.2 Å². The lowest BCUT2D eigenvalue weighted by Crippen LogP contribution is -2.22. The highest BCUT2D eigenvalue weighted by Gasteiger charge is 2.08. The van der Waals surface area contributed by atoms with E-state index in [1.807, 2.05) is 6.92 Å². The van der Waals surface area contributed by atoms with Gasteiger partial charge < -0.3 is 16.4 Å². The van der Waals surface area contributed by atoms with Crippen molar-refractivity contribution in [3.8, 4) is 0 Å². The van der Waals surface area contributed by atoms with Gasteiger partial charge >= 0.3 is 0 Å². The Morgan fingerprint density at radius 2 is 1.74 bits per heavy atom. The first-order valence-electron chi connectivity index (χ1n) is 7.13. The van der Waals surface area contributed by atoms with Crippen molar-refractivity contribution in [2.75, 3.05) is 17.2 Å². The van der Waals surface area contributed by atoms with Crippen LogP contribution in [-0.2, 0) is 16.0 Å². The molecule has 0 fully saturated rings. The molecule has 120 valence electrons. The third-order valence-corrected chi connectivity index (χ3v) is 3.25. The molecule has 0 spiro atoms. The van der Waals surface area contributed by atoms with Gasteiger partial charge in [0.1, 0.15) is 5.82 Å². The summed E-state index contributed by atoms with van der Waals surface area (Å²) < 4.78 is 12.8. The summed E-state index contributed by atoms with van der Waals surface area (Å²) in [6.07, 6.45) is 0.158. The SMILES string of the molecule is Cc1cc(NC(=O)CN)ccc1NC(=O)Cc1ccc(F)cc1. The molecule has 23 heavy (non-hydrogen) atoms. The number of carbonyl (C=O) groups excluding carboxylic acids is 2. The van der Waals surface area contributed by atoms with Crippen molar-refractivity contribution in [1.82, 2.24) is 0 Å². The molecule has 0 aliphatic rings. The Balaban J connectivity index is 2.00. The van der Waals surface area contributed by atoms with Crippen LogP contribution in [0, 0.1) is 12.7 Å². The van der Waals surface area contributed by atoms with E-state index in [-0.39, 0.29) is 30.6 Å². The number of carbonyl (C=O) groups is 2. The first-order chi connectivity index (χ1) is 11.0. The van der Waals surface area contributed by atoms with Crippen LogP contribution in [0.15, 0.2) is 42.5 Å². The summed E-state index contributed by atoms with van der Waals surface area (Å²) in [5.41, 5.74) is 8.06. The van der Waals surface area contributed by atoms with E-state index in [9.17, 15) is 14.0 Å². The van der Waals surface area contributed by atoms with E-state index in [0.717, 1.165) is 11.1 Å². The van der Waals surface area contributed by atoms with E-state index in [0.29, 0.717) is 11.4 Å². The van der Waals surface area contributed by atoms with Crippen molar-refractivity contribution in [2.24, 2.45) is 5.73 Å². The Kier molecular flexibility index (Phi) is 5.43. The fraction of sp³-hybridized carbons (Fsp3) is 0.176. The van der Waals surface area contributed by atoms with Crippen molar-refractivity contribution < 1.29 is 14.0 Å². The molecular weight excluding hydrogens is 297 g/mol. The lowest BCUT2D eigenvalue weighted by molar-refractivity contribution is -0.116. The average Bonchev–Trinajstić information content (AvgIpc) is 2.52. The van der Waals surface area contributed by atoms with Crippen molar-refractivity contribution in [3.63, 3.8) is 0 Å². The van der Waals surface area contributed by atoms with Crippen LogP contribution in [0.4, 0.5) is 15.8 Å². The molecule has 0 aromatic heterocycles. The number of anilines is 2. The van der Waals surface area contributed by atoms with Crippen LogP contribution < -0.4 is 16.4 Å². The van der Waals surface area contributed by atoms with Gasteiger partial charge in [-0.1, -0.05) is 12.1 Å². The monoisotopic (exact) mass is 315 g/mol. The summed E-state index contributed by atoms with van der Waals surface area (Å²) in [4.78, 5) is 23.3. The molecule has 2 aromatic rings. The van der Waals surface area contributed by atoms with E-state index in [1.165, 1.54) is 12.1 Å². The number of aryl methyl sites for hydroxylation is 1. The van der Waals surface area contributed by atoms with Crippen LogP contribution in [0.5, 0.6) is 0 Å². The van der Waals surface area contributed by atoms with Gasteiger partial charge in [0.15, 0.2) is 0 Å². The fourth-order valence-corrected chi connectivity index (χ4v) is 2.08. The Morgan fingerprint density at radius 3 is 2.35 bits per heavy atom. The first kappa shape index (κ1) is 16.6. The lowest BCUT2D eigenvalue weighted by atomic mass is 10.1. The third-order valence-electron chi connectivity index (χ3n) is 3.25. The Labute approximate surface area is 133 Å². The van der Waals surface area contributed by atoms with Gasteiger partial charge in [-0.05, 0) is 48.4 Å². The molecule has 0 heterocycles. The molecule has 4 N–H and O–H groups in total. The zero-order valence-electron chi connectivity index (χ0n) is 12.7. The molecular formula is C17H18FN3O2. The molecule has 0 radical (unpaired) electrons. The van der Waals surface area contributed by atoms with Crippen LogP contribution in [0.3, 0.4) is 0 Å². The van der Waals surface area contributed by atoms with Gasteiger partial charge in [0.25, 0.3) is 0 Å². The zero-order valence-corrected chi connectivity index (χ0v) is 12.7. The van der Waals surface area contributed by atoms with Crippen LogP contribution in [-0.4, -0.2) is 18.4 Å². The van der Waals surface area contributed by atoms with Gasteiger partial charge in [-0.25, -0.2) is 4.39 Å². The van der Waals surface area contributed by atoms with Gasteiger partial charge in [-0.2, -0.15) is 0 Å². The maximum Gasteiger partial charge on any atom is 0.238 e. The zero-order chi connectivity index (χ0) is 16.8. The maximum absolute atomic E-state index is 12.8. The second-order valence-corrected chi connectivity index (χ2v) is 5.13. The predicted molar refractivity (Wildman–Crippen MR) is 87.6 cm³/mol. The quantitative estimate of drug-likeness (QED) is 0.791. The summed E-state index contributed by atoms with van der Waals surface area (Å²) in [5.74, 6) is -0.809. The summed E-state index contributed by atoms with van der Waals surface area (Å²) in [7, 11) is 0. The number of nitrogens with two attached hydrogens (primary N) is 1. The van der Waals surface area contributed by atoms with Gasteiger partial charge in [0.05, 0.1) is 13.0 Å². The van der Waals surface area contributed by atoms with E-state index in [2.05, 4.69) is 10.6 Å². The van der Waals surface area contributed by atoms with E-state index < -0.39 is 0 Å². The molecule has 0 atom stereocenters. The smallest absolute Gasteiger partial charge is 0.238 e. The molecule has 0 aliphatic carbocycles. The van der Waals surface area contributed by atoms with Gasteiger partial charge in [0.2, 0.25) is 11.8 Å². The molecule has 0 unspecified atom stereocenters. The Hall–Kier alpha value is -2.73. The third kappa shape index (κ3) is 4.89. The van der Waals surface area contributed by atoms with Crippen molar-refractivity contribution in [2.45, 2.75) is 13.3 Å². The van der Waals surface area contributed by atoms with Gasteiger partial charge in [0, 0.05) is 11.4 Å². The van der Waals surface area contributed by atoms with Crippen molar-refractivity contribution in [1.29, 1.82) is 0 Å². The highest BCUT2D eigenvalue weighted by molar-refractivity contribution is 5.95. The van der Waals surface area contributed by atoms with E-state index in [1.54, 1.807) is 30.3 Å². The molecule has 2 rings (SSSR count). The number of hydrogen-bond acceptors (Lipinski definition) is 3. The van der Waals surface area contributed by atoms with Crippen LogP contribution in [0.2, 0.25) is 0 Å².